The van der Waals surface area contributed by atoms with Crippen LogP contribution in [0.1, 0.15) is 29.1 Å². The highest BCUT2D eigenvalue weighted by Gasteiger charge is 2.20. The maximum absolute atomic E-state index is 5.24. The number of ether oxygens (including phenoxy) is 1. The Morgan fingerprint density at radius 1 is 1.42 bits per heavy atom. The second-order valence-electron chi connectivity index (χ2n) is 4.92. The van der Waals surface area contributed by atoms with Crippen molar-refractivity contribution in [3.8, 4) is 5.75 Å². The van der Waals surface area contributed by atoms with E-state index in [9.17, 15) is 0 Å². The standard InChI is InChI=1S/C15H18N2OS/c1-18-14-4-2-3-11(7-14)8-15-17-13(10-19-15)9-16-12-5-6-12/h2-4,7,10,12,16H,5-6,8-9H2,1H3. The summed E-state index contributed by atoms with van der Waals surface area (Å²) in [6.45, 7) is 0.902. The van der Waals surface area contributed by atoms with E-state index in [1.165, 1.54) is 23.4 Å². The zero-order chi connectivity index (χ0) is 13.1. The van der Waals surface area contributed by atoms with Crippen LogP contribution in [0.5, 0.6) is 5.75 Å². The average Bonchev–Trinajstić information content (AvgIpc) is 3.17. The van der Waals surface area contributed by atoms with Crippen LogP contribution in [0.15, 0.2) is 29.6 Å². The number of methoxy groups -OCH3 is 1. The number of benzene rings is 1. The molecule has 1 heterocycles. The minimum atomic E-state index is 0.739. The van der Waals surface area contributed by atoms with E-state index in [0.29, 0.717) is 0 Å². The van der Waals surface area contributed by atoms with Crippen LogP contribution in [0.2, 0.25) is 0 Å². The molecule has 4 heteroatoms. The van der Waals surface area contributed by atoms with Gasteiger partial charge < -0.3 is 10.1 Å². The van der Waals surface area contributed by atoms with Crippen LogP contribution in [0.4, 0.5) is 0 Å². The number of nitrogens with zero attached hydrogens (tertiary/aromatic N) is 1. The molecule has 0 radical (unpaired) electrons. The Balaban J connectivity index is 1.61. The minimum absolute atomic E-state index is 0.739. The van der Waals surface area contributed by atoms with Gasteiger partial charge in [-0.25, -0.2) is 4.98 Å². The third kappa shape index (κ3) is 3.55. The minimum Gasteiger partial charge on any atom is -0.497 e. The summed E-state index contributed by atoms with van der Waals surface area (Å²) >= 11 is 1.74. The molecule has 0 unspecified atom stereocenters. The van der Waals surface area contributed by atoms with Gasteiger partial charge in [-0.15, -0.1) is 11.3 Å². The van der Waals surface area contributed by atoms with Crippen LogP contribution in [-0.2, 0) is 13.0 Å². The van der Waals surface area contributed by atoms with Gasteiger partial charge >= 0.3 is 0 Å². The van der Waals surface area contributed by atoms with Gasteiger partial charge in [-0.05, 0) is 30.5 Å². The molecule has 1 aliphatic carbocycles. The molecule has 3 rings (SSSR count). The van der Waals surface area contributed by atoms with Gasteiger partial charge in [0.2, 0.25) is 0 Å². The van der Waals surface area contributed by atoms with Gasteiger partial charge in [0.05, 0.1) is 17.8 Å². The third-order valence-corrected chi connectivity index (χ3v) is 4.14. The molecule has 2 aromatic rings. The van der Waals surface area contributed by atoms with Gasteiger partial charge in [-0.3, -0.25) is 0 Å². The number of nitrogens with one attached hydrogen (secondary N) is 1. The van der Waals surface area contributed by atoms with Gasteiger partial charge in [0.15, 0.2) is 0 Å². The van der Waals surface area contributed by atoms with Crippen molar-refractivity contribution in [3.63, 3.8) is 0 Å². The first-order chi connectivity index (χ1) is 9.33. The van der Waals surface area contributed by atoms with Crippen LogP contribution in [0.25, 0.3) is 0 Å². The summed E-state index contributed by atoms with van der Waals surface area (Å²) in [6, 6.07) is 8.92. The Morgan fingerprint density at radius 2 is 2.32 bits per heavy atom. The number of hydrogen-bond donors (Lipinski definition) is 1. The average molecular weight is 274 g/mol. The van der Waals surface area contributed by atoms with E-state index in [2.05, 4.69) is 27.8 Å². The first-order valence-electron chi connectivity index (χ1n) is 6.63. The second kappa shape index (κ2) is 5.72. The molecule has 0 aliphatic heterocycles. The summed E-state index contributed by atoms with van der Waals surface area (Å²) < 4.78 is 5.24. The summed E-state index contributed by atoms with van der Waals surface area (Å²) in [5, 5.41) is 6.82. The Labute approximate surface area is 117 Å². The molecular weight excluding hydrogens is 256 g/mol. The summed E-state index contributed by atoms with van der Waals surface area (Å²) in [7, 11) is 1.70. The first kappa shape index (κ1) is 12.6. The molecule has 100 valence electrons. The first-order valence-corrected chi connectivity index (χ1v) is 7.51. The fraction of sp³-hybridized carbons (Fsp3) is 0.400. The lowest BCUT2D eigenvalue weighted by atomic mass is 10.1. The van der Waals surface area contributed by atoms with Crippen molar-refractivity contribution in [2.45, 2.75) is 31.8 Å². The molecule has 3 nitrogen and oxygen atoms in total. The Bertz CT molecular complexity index is 549. The molecule has 1 aromatic carbocycles. The quantitative estimate of drug-likeness (QED) is 0.879. The number of rotatable bonds is 6. The van der Waals surface area contributed by atoms with Crippen molar-refractivity contribution in [1.82, 2.24) is 10.3 Å². The van der Waals surface area contributed by atoms with Crippen LogP contribution in [0, 0.1) is 0 Å². The molecule has 1 fully saturated rings. The van der Waals surface area contributed by atoms with Crippen molar-refractivity contribution in [2.24, 2.45) is 0 Å². The lowest BCUT2D eigenvalue weighted by Crippen LogP contribution is -2.15. The maximum atomic E-state index is 5.24. The Kier molecular flexibility index (Phi) is 3.80. The van der Waals surface area contributed by atoms with Crippen LogP contribution >= 0.6 is 11.3 Å². The van der Waals surface area contributed by atoms with Crippen molar-refractivity contribution in [1.29, 1.82) is 0 Å². The summed E-state index contributed by atoms with van der Waals surface area (Å²) in [4.78, 5) is 4.68. The second-order valence-corrected chi connectivity index (χ2v) is 5.86. The van der Waals surface area contributed by atoms with E-state index < -0.39 is 0 Å². The maximum Gasteiger partial charge on any atom is 0.119 e. The monoisotopic (exact) mass is 274 g/mol. The lowest BCUT2D eigenvalue weighted by Gasteiger charge is -2.02. The number of aromatic nitrogens is 1. The lowest BCUT2D eigenvalue weighted by molar-refractivity contribution is 0.414. The van der Waals surface area contributed by atoms with Gasteiger partial charge in [-0.2, -0.15) is 0 Å². The zero-order valence-electron chi connectivity index (χ0n) is 11.1. The fourth-order valence-corrected chi connectivity index (χ4v) is 2.83. The summed E-state index contributed by atoms with van der Waals surface area (Å²) in [6.07, 6.45) is 3.52. The predicted octanol–water partition coefficient (Wildman–Crippen LogP) is 2.99. The van der Waals surface area contributed by atoms with E-state index in [0.717, 1.165) is 30.5 Å². The largest absolute Gasteiger partial charge is 0.497 e. The van der Waals surface area contributed by atoms with Gasteiger partial charge in [0.1, 0.15) is 5.75 Å². The Morgan fingerprint density at radius 3 is 3.11 bits per heavy atom. The molecule has 1 saturated carbocycles. The van der Waals surface area contributed by atoms with Gasteiger partial charge in [0.25, 0.3) is 0 Å². The highest BCUT2D eigenvalue weighted by atomic mass is 32.1. The van der Waals surface area contributed by atoms with E-state index in [1.54, 1.807) is 18.4 Å². The summed E-state index contributed by atoms with van der Waals surface area (Å²) in [5.74, 6) is 0.907. The molecule has 0 spiro atoms. The normalized spacial score (nSPS) is 14.6. The molecule has 1 N–H and O–H groups in total. The van der Waals surface area contributed by atoms with Gasteiger partial charge in [-0.1, -0.05) is 12.1 Å². The third-order valence-electron chi connectivity index (χ3n) is 3.24. The van der Waals surface area contributed by atoms with E-state index in [-0.39, 0.29) is 0 Å². The highest BCUT2D eigenvalue weighted by molar-refractivity contribution is 7.09. The van der Waals surface area contributed by atoms with Crippen molar-refractivity contribution in [2.75, 3.05) is 7.11 Å². The molecule has 19 heavy (non-hydrogen) atoms. The molecule has 0 amide bonds. The molecular formula is C15H18N2OS. The molecule has 0 atom stereocenters. The van der Waals surface area contributed by atoms with E-state index in [1.807, 2.05) is 12.1 Å². The zero-order valence-corrected chi connectivity index (χ0v) is 11.9. The van der Waals surface area contributed by atoms with Crippen molar-refractivity contribution >= 4 is 11.3 Å². The van der Waals surface area contributed by atoms with Crippen LogP contribution in [0.3, 0.4) is 0 Å². The Hall–Kier alpha value is -1.39. The molecule has 1 aliphatic rings. The van der Waals surface area contributed by atoms with Gasteiger partial charge in [0, 0.05) is 24.4 Å². The molecule has 0 bridgehead atoms. The smallest absolute Gasteiger partial charge is 0.119 e. The fourth-order valence-electron chi connectivity index (χ4n) is 2.00. The predicted molar refractivity (Wildman–Crippen MR) is 77.8 cm³/mol. The van der Waals surface area contributed by atoms with Crippen molar-refractivity contribution < 1.29 is 4.74 Å². The van der Waals surface area contributed by atoms with E-state index in [4.69, 9.17) is 4.74 Å². The topological polar surface area (TPSA) is 34.1 Å². The van der Waals surface area contributed by atoms with E-state index >= 15 is 0 Å². The number of hydrogen-bond acceptors (Lipinski definition) is 4. The van der Waals surface area contributed by atoms with Crippen molar-refractivity contribution in [3.05, 3.63) is 45.9 Å². The SMILES string of the molecule is COc1cccc(Cc2nc(CNC3CC3)cs2)c1. The summed E-state index contributed by atoms with van der Waals surface area (Å²) in [5.41, 5.74) is 2.41. The number of thiazole rings is 1. The highest BCUT2D eigenvalue weighted by Crippen LogP contribution is 2.21. The molecule has 0 saturated heterocycles. The van der Waals surface area contributed by atoms with Crippen LogP contribution in [-0.4, -0.2) is 18.1 Å². The molecule has 1 aromatic heterocycles. The van der Waals surface area contributed by atoms with Crippen LogP contribution < -0.4 is 10.1 Å².